The number of amides is 2. The van der Waals surface area contributed by atoms with Gasteiger partial charge in [-0.2, -0.15) is 0 Å². The number of carbonyl (C=O) groups excluding carboxylic acids is 2. The minimum Gasteiger partial charge on any atom is -0.396 e. The van der Waals surface area contributed by atoms with Crippen molar-refractivity contribution in [1.82, 2.24) is 10.6 Å². The number of rotatable bonds is 7. The predicted octanol–water partition coefficient (Wildman–Crippen LogP) is -0.357. The van der Waals surface area contributed by atoms with E-state index in [9.17, 15) is 14.7 Å². The Balaban J connectivity index is 4.20. The van der Waals surface area contributed by atoms with Crippen LogP contribution in [0.3, 0.4) is 0 Å². The van der Waals surface area contributed by atoms with Gasteiger partial charge in [0.15, 0.2) is 0 Å². The molecule has 6 heteroatoms. The van der Waals surface area contributed by atoms with Crippen LogP contribution in [0, 0.1) is 11.3 Å². The van der Waals surface area contributed by atoms with E-state index in [1.54, 1.807) is 34.6 Å². The minimum atomic E-state index is -1.29. The Morgan fingerprint density at radius 3 is 2.11 bits per heavy atom. The first kappa shape index (κ1) is 17.9. The second-order valence-electron chi connectivity index (χ2n) is 5.86. The highest BCUT2D eigenvalue weighted by atomic mass is 16.3. The molecule has 0 fully saturated rings. The summed E-state index contributed by atoms with van der Waals surface area (Å²) in [6.07, 6.45) is -1.29. The molecule has 2 amide bonds. The van der Waals surface area contributed by atoms with E-state index in [2.05, 4.69) is 10.6 Å². The van der Waals surface area contributed by atoms with Gasteiger partial charge in [0.05, 0.1) is 6.61 Å². The maximum atomic E-state index is 11.7. The molecule has 0 saturated heterocycles. The Labute approximate surface area is 114 Å². The van der Waals surface area contributed by atoms with E-state index in [1.165, 1.54) is 0 Å². The zero-order valence-electron chi connectivity index (χ0n) is 12.4. The fourth-order valence-corrected chi connectivity index (χ4v) is 1.25. The SMILES string of the molecule is CC(CNC(=O)C(O)C(C)(C)CO)NC(=O)C(C)C. The van der Waals surface area contributed by atoms with E-state index in [-0.39, 0.29) is 31.0 Å². The third-order valence-corrected chi connectivity index (χ3v) is 2.89. The summed E-state index contributed by atoms with van der Waals surface area (Å²) in [5, 5.41) is 24.1. The normalized spacial score (nSPS) is 14.9. The van der Waals surface area contributed by atoms with E-state index < -0.39 is 17.4 Å². The van der Waals surface area contributed by atoms with Crippen molar-refractivity contribution in [3.8, 4) is 0 Å². The van der Waals surface area contributed by atoms with Crippen molar-refractivity contribution in [1.29, 1.82) is 0 Å². The summed E-state index contributed by atoms with van der Waals surface area (Å²) in [6.45, 7) is 8.48. The van der Waals surface area contributed by atoms with Gasteiger partial charge >= 0.3 is 0 Å². The van der Waals surface area contributed by atoms with Gasteiger partial charge in [-0.15, -0.1) is 0 Å². The highest BCUT2D eigenvalue weighted by molar-refractivity contribution is 5.81. The van der Waals surface area contributed by atoms with E-state index in [0.29, 0.717) is 0 Å². The number of hydrogen-bond donors (Lipinski definition) is 4. The average molecular weight is 274 g/mol. The number of aliphatic hydroxyl groups excluding tert-OH is 2. The Morgan fingerprint density at radius 2 is 1.68 bits per heavy atom. The summed E-state index contributed by atoms with van der Waals surface area (Å²) in [7, 11) is 0. The van der Waals surface area contributed by atoms with Crippen LogP contribution in [0.4, 0.5) is 0 Å². The number of nitrogens with one attached hydrogen (secondary N) is 2. The number of hydrogen-bond acceptors (Lipinski definition) is 4. The quantitative estimate of drug-likeness (QED) is 0.509. The molecule has 0 aromatic carbocycles. The molecule has 2 atom stereocenters. The fourth-order valence-electron chi connectivity index (χ4n) is 1.25. The Morgan fingerprint density at radius 1 is 1.16 bits per heavy atom. The summed E-state index contributed by atoms with van der Waals surface area (Å²) in [5.74, 6) is -0.750. The molecule has 0 aliphatic carbocycles. The van der Waals surface area contributed by atoms with Gasteiger partial charge in [0, 0.05) is 23.9 Å². The summed E-state index contributed by atoms with van der Waals surface area (Å²) >= 11 is 0. The Bertz CT molecular complexity index is 316. The van der Waals surface area contributed by atoms with Gasteiger partial charge in [0.2, 0.25) is 11.8 Å². The van der Waals surface area contributed by atoms with E-state index in [4.69, 9.17) is 5.11 Å². The third-order valence-electron chi connectivity index (χ3n) is 2.89. The molecule has 112 valence electrons. The van der Waals surface area contributed by atoms with Crippen molar-refractivity contribution >= 4 is 11.8 Å². The lowest BCUT2D eigenvalue weighted by atomic mass is 9.87. The van der Waals surface area contributed by atoms with Crippen molar-refractivity contribution < 1.29 is 19.8 Å². The second kappa shape index (κ2) is 7.45. The zero-order chi connectivity index (χ0) is 15.2. The molecule has 0 bridgehead atoms. The van der Waals surface area contributed by atoms with Crippen molar-refractivity contribution in [2.24, 2.45) is 11.3 Å². The van der Waals surface area contributed by atoms with Crippen LogP contribution in [0.2, 0.25) is 0 Å². The molecule has 0 heterocycles. The summed E-state index contributed by atoms with van der Waals surface area (Å²) in [6, 6.07) is -0.219. The van der Waals surface area contributed by atoms with Gasteiger partial charge in [0.1, 0.15) is 6.10 Å². The van der Waals surface area contributed by atoms with Crippen LogP contribution in [-0.2, 0) is 9.59 Å². The van der Waals surface area contributed by atoms with Crippen LogP contribution in [0.25, 0.3) is 0 Å². The first-order valence-electron chi connectivity index (χ1n) is 6.48. The molecule has 0 radical (unpaired) electrons. The molecule has 0 aliphatic rings. The maximum Gasteiger partial charge on any atom is 0.249 e. The maximum absolute atomic E-state index is 11.7. The van der Waals surface area contributed by atoms with E-state index in [1.807, 2.05) is 0 Å². The first-order chi connectivity index (χ1) is 8.61. The summed E-state index contributed by atoms with van der Waals surface area (Å²) in [4.78, 5) is 23.1. The molecule has 0 aromatic heterocycles. The third kappa shape index (κ3) is 6.02. The van der Waals surface area contributed by atoms with Gasteiger partial charge in [-0.25, -0.2) is 0 Å². The topological polar surface area (TPSA) is 98.7 Å². The zero-order valence-corrected chi connectivity index (χ0v) is 12.4. The lowest BCUT2D eigenvalue weighted by molar-refractivity contribution is -0.137. The molecule has 0 spiro atoms. The minimum absolute atomic E-state index is 0.0852. The number of carbonyl (C=O) groups is 2. The molecule has 2 unspecified atom stereocenters. The van der Waals surface area contributed by atoms with Gasteiger partial charge in [0.25, 0.3) is 0 Å². The Kier molecular flexibility index (Phi) is 7.00. The molecule has 0 aromatic rings. The lowest BCUT2D eigenvalue weighted by Gasteiger charge is -2.27. The molecule has 19 heavy (non-hydrogen) atoms. The van der Waals surface area contributed by atoms with E-state index in [0.717, 1.165) is 0 Å². The van der Waals surface area contributed by atoms with E-state index >= 15 is 0 Å². The van der Waals surface area contributed by atoms with Gasteiger partial charge < -0.3 is 20.8 Å². The van der Waals surface area contributed by atoms with Crippen LogP contribution < -0.4 is 10.6 Å². The van der Waals surface area contributed by atoms with Crippen molar-refractivity contribution in [2.75, 3.05) is 13.2 Å². The monoisotopic (exact) mass is 274 g/mol. The van der Waals surface area contributed by atoms with Gasteiger partial charge in [-0.3, -0.25) is 9.59 Å². The Hall–Kier alpha value is -1.14. The predicted molar refractivity (Wildman–Crippen MR) is 72.3 cm³/mol. The first-order valence-corrected chi connectivity index (χ1v) is 6.48. The molecule has 6 nitrogen and oxygen atoms in total. The molecule has 4 N–H and O–H groups in total. The fraction of sp³-hybridized carbons (Fsp3) is 0.846. The van der Waals surface area contributed by atoms with Crippen LogP contribution >= 0.6 is 0 Å². The largest absolute Gasteiger partial charge is 0.396 e. The summed E-state index contributed by atoms with van der Waals surface area (Å²) < 4.78 is 0. The van der Waals surface area contributed by atoms with Crippen LogP contribution in [0.5, 0.6) is 0 Å². The van der Waals surface area contributed by atoms with Crippen molar-refractivity contribution in [3.05, 3.63) is 0 Å². The van der Waals surface area contributed by atoms with Gasteiger partial charge in [-0.1, -0.05) is 27.7 Å². The standard InChI is InChI=1S/C13H26N2O4/c1-8(2)11(18)15-9(3)6-14-12(19)10(17)13(4,5)7-16/h8-10,16-17H,6-7H2,1-5H3,(H,14,19)(H,15,18). The molecular formula is C13H26N2O4. The second-order valence-corrected chi connectivity index (χ2v) is 5.86. The molecule has 0 rings (SSSR count). The smallest absolute Gasteiger partial charge is 0.249 e. The highest BCUT2D eigenvalue weighted by Crippen LogP contribution is 2.19. The van der Waals surface area contributed by atoms with Gasteiger partial charge in [-0.05, 0) is 6.92 Å². The lowest BCUT2D eigenvalue weighted by Crippen LogP contribution is -2.49. The van der Waals surface area contributed by atoms with Crippen LogP contribution in [-0.4, -0.2) is 47.3 Å². The van der Waals surface area contributed by atoms with Crippen molar-refractivity contribution in [2.45, 2.75) is 46.8 Å². The van der Waals surface area contributed by atoms with Crippen LogP contribution in [0.1, 0.15) is 34.6 Å². The molecular weight excluding hydrogens is 248 g/mol. The number of aliphatic hydroxyl groups is 2. The molecule has 0 aliphatic heterocycles. The van der Waals surface area contributed by atoms with Crippen molar-refractivity contribution in [3.63, 3.8) is 0 Å². The summed E-state index contributed by atoms with van der Waals surface area (Å²) in [5.41, 5.74) is -0.894. The highest BCUT2D eigenvalue weighted by Gasteiger charge is 2.32. The molecule has 0 saturated carbocycles. The van der Waals surface area contributed by atoms with Crippen LogP contribution in [0.15, 0.2) is 0 Å². The average Bonchev–Trinajstić information content (AvgIpc) is 2.34.